The fraction of sp³-hybridized carbons (Fsp3) is 0.333. The molecule has 2 aromatic rings. The first-order chi connectivity index (χ1) is 10.6. The lowest BCUT2D eigenvalue weighted by Crippen LogP contribution is -2.38. The van der Waals surface area contributed by atoms with E-state index in [1.807, 2.05) is 13.8 Å². The zero-order valence-electron chi connectivity index (χ0n) is 12.4. The van der Waals surface area contributed by atoms with Crippen molar-refractivity contribution in [3.05, 3.63) is 53.4 Å². The highest BCUT2D eigenvalue weighted by Gasteiger charge is 2.11. The lowest BCUT2D eigenvalue weighted by Gasteiger charge is -2.18. The van der Waals surface area contributed by atoms with Crippen LogP contribution in [0.1, 0.15) is 31.1 Å². The average Bonchev–Trinajstić information content (AvgIpc) is 3.01. The van der Waals surface area contributed by atoms with Gasteiger partial charge in [-0.1, -0.05) is 11.2 Å². The number of rotatable bonds is 5. The summed E-state index contributed by atoms with van der Waals surface area (Å²) in [5.74, 6) is -1.17. The van der Waals surface area contributed by atoms with Crippen LogP contribution in [-0.2, 0) is 6.54 Å². The van der Waals surface area contributed by atoms with Gasteiger partial charge in [-0.05, 0) is 31.5 Å². The molecule has 0 fully saturated rings. The second-order valence-corrected chi connectivity index (χ2v) is 4.73. The van der Waals surface area contributed by atoms with Crippen LogP contribution in [0.25, 0.3) is 0 Å². The number of halogens is 2. The minimum Gasteiger partial charge on any atom is -0.364 e. The Hall–Kier alpha value is -2.44. The molecule has 1 heterocycles. The first-order valence-electron chi connectivity index (χ1n) is 6.99. The van der Waals surface area contributed by atoms with Crippen molar-refractivity contribution in [2.45, 2.75) is 26.4 Å². The predicted molar refractivity (Wildman–Crippen MR) is 79.2 cm³/mol. The smallest absolute Gasteiger partial charge is 0.192 e. The van der Waals surface area contributed by atoms with E-state index in [1.165, 1.54) is 18.4 Å². The van der Waals surface area contributed by atoms with Crippen LogP contribution in [-0.4, -0.2) is 17.7 Å². The normalized spacial score (nSPS) is 13.0. The maximum absolute atomic E-state index is 13.3. The molecule has 0 amide bonds. The van der Waals surface area contributed by atoms with Crippen LogP contribution in [0, 0.1) is 11.6 Å². The Balaban J connectivity index is 2.05. The Morgan fingerprint density at radius 1 is 1.32 bits per heavy atom. The van der Waals surface area contributed by atoms with Crippen molar-refractivity contribution in [2.24, 2.45) is 4.99 Å². The maximum atomic E-state index is 13.3. The molecule has 0 aliphatic carbocycles. The summed E-state index contributed by atoms with van der Waals surface area (Å²) in [6, 6.07) is 5.32. The van der Waals surface area contributed by atoms with Crippen LogP contribution in [0.3, 0.4) is 0 Å². The molecule has 0 saturated heterocycles. The number of nitrogens with zero attached hydrogens (tertiary/aromatic N) is 2. The van der Waals surface area contributed by atoms with Gasteiger partial charge in [0.05, 0.1) is 12.6 Å². The number of nitrogens with one attached hydrogen (secondary N) is 2. The van der Waals surface area contributed by atoms with Gasteiger partial charge in [-0.15, -0.1) is 0 Å². The van der Waals surface area contributed by atoms with Crippen LogP contribution in [0.4, 0.5) is 8.78 Å². The van der Waals surface area contributed by atoms with E-state index in [1.54, 1.807) is 6.07 Å². The van der Waals surface area contributed by atoms with Gasteiger partial charge < -0.3 is 15.2 Å². The van der Waals surface area contributed by atoms with Gasteiger partial charge in [0.15, 0.2) is 17.6 Å². The van der Waals surface area contributed by atoms with Crippen LogP contribution in [0.15, 0.2) is 40.0 Å². The van der Waals surface area contributed by atoms with Gasteiger partial charge in [0.2, 0.25) is 0 Å². The summed E-state index contributed by atoms with van der Waals surface area (Å²) >= 11 is 0. The molecule has 0 spiro atoms. The van der Waals surface area contributed by atoms with E-state index >= 15 is 0 Å². The van der Waals surface area contributed by atoms with E-state index < -0.39 is 11.6 Å². The molecule has 0 radical (unpaired) electrons. The number of benzene rings is 1. The molecule has 0 saturated carbocycles. The van der Waals surface area contributed by atoms with Gasteiger partial charge in [-0.3, -0.25) is 0 Å². The molecule has 2 N–H and O–H groups in total. The number of hydrogen-bond donors (Lipinski definition) is 2. The summed E-state index contributed by atoms with van der Waals surface area (Å²) < 4.78 is 31.0. The first kappa shape index (κ1) is 15.9. The molecule has 7 heteroatoms. The van der Waals surface area contributed by atoms with E-state index in [2.05, 4.69) is 20.8 Å². The molecule has 22 heavy (non-hydrogen) atoms. The molecule has 1 unspecified atom stereocenters. The van der Waals surface area contributed by atoms with Crippen molar-refractivity contribution in [1.29, 1.82) is 0 Å². The lowest BCUT2D eigenvalue weighted by atomic mass is 10.1. The highest BCUT2D eigenvalue weighted by molar-refractivity contribution is 5.80. The van der Waals surface area contributed by atoms with E-state index in [-0.39, 0.29) is 6.04 Å². The van der Waals surface area contributed by atoms with Gasteiger partial charge in [-0.2, -0.15) is 0 Å². The van der Waals surface area contributed by atoms with Crippen LogP contribution in [0.2, 0.25) is 0 Å². The molecule has 0 aliphatic heterocycles. The third-order valence-electron chi connectivity index (χ3n) is 3.03. The van der Waals surface area contributed by atoms with E-state index in [0.717, 1.165) is 6.07 Å². The Morgan fingerprint density at radius 2 is 2.14 bits per heavy atom. The second-order valence-electron chi connectivity index (χ2n) is 4.73. The van der Waals surface area contributed by atoms with E-state index in [4.69, 9.17) is 4.52 Å². The zero-order valence-corrected chi connectivity index (χ0v) is 12.4. The summed E-state index contributed by atoms with van der Waals surface area (Å²) in [5, 5.41) is 10.00. The molecule has 0 bridgehead atoms. The molecule has 2 rings (SSSR count). The maximum Gasteiger partial charge on any atom is 0.192 e. The summed E-state index contributed by atoms with van der Waals surface area (Å²) in [6.45, 7) is 4.82. The SMILES string of the molecule is CCNC(=NCc1ccon1)NC(C)c1ccc(F)c(F)c1. The summed E-state index contributed by atoms with van der Waals surface area (Å²) in [4.78, 5) is 4.37. The van der Waals surface area contributed by atoms with Gasteiger partial charge in [0.25, 0.3) is 0 Å². The Morgan fingerprint density at radius 3 is 2.77 bits per heavy atom. The minimum atomic E-state index is -0.865. The van der Waals surface area contributed by atoms with Crippen molar-refractivity contribution < 1.29 is 13.3 Å². The number of guanidine groups is 1. The largest absolute Gasteiger partial charge is 0.364 e. The minimum absolute atomic E-state index is 0.231. The van der Waals surface area contributed by atoms with Crippen LogP contribution >= 0.6 is 0 Å². The Labute approximate surface area is 127 Å². The third kappa shape index (κ3) is 4.28. The monoisotopic (exact) mass is 308 g/mol. The number of aliphatic imine (C=N–C) groups is 1. The fourth-order valence-corrected chi connectivity index (χ4v) is 1.87. The van der Waals surface area contributed by atoms with Crippen molar-refractivity contribution in [3.8, 4) is 0 Å². The van der Waals surface area contributed by atoms with Crippen molar-refractivity contribution in [3.63, 3.8) is 0 Å². The molecular formula is C15H18F2N4O. The second kappa shape index (κ2) is 7.53. The molecule has 5 nitrogen and oxygen atoms in total. The summed E-state index contributed by atoms with van der Waals surface area (Å²) in [7, 11) is 0. The quantitative estimate of drug-likeness (QED) is 0.658. The van der Waals surface area contributed by atoms with Crippen molar-refractivity contribution in [1.82, 2.24) is 15.8 Å². The predicted octanol–water partition coefficient (Wildman–Crippen LogP) is 2.77. The van der Waals surface area contributed by atoms with Crippen LogP contribution < -0.4 is 10.6 Å². The lowest BCUT2D eigenvalue weighted by molar-refractivity contribution is 0.412. The fourth-order valence-electron chi connectivity index (χ4n) is 1.87. The topological polar surface area (TPSA) is 62.5 Å². The third-order valence-corrected chi connectivity index (χ3v) is 3.03. The highest BCUT2D eigenvalue weighted by atomic mass is 19.2. The highest BCUT2D eigenvalue weighted by Crippen LogP contribution is 2.15. The molecular weight excluding hydrogens is 290 g/mol. The zero-order chi connectivity index (χ0) is 15.9. The van der Waals surface area contributed by atoms with Crippen molar-refractivity contribution >= 4 is 5.96 Å². The van der Waals surface area contributed by atoms with Crippen molar-refractivity contribution in [2.75, 3.05) is 6.54 Å². The van der Waals surface area contributed by atoms with Gasteiger partial charge >= 0.3 is 0 Å². The number of hydrogen-bond acceptors (Lipinski definition) is 3. The van der Waals surface area contributed by atoms with Gasteiger partial charge in [0, 0.05) is 12.6 Å². The Kier molecular flexibility index (Phi) is 5.46. The molecule has 0 aliphatic rings. The number of aromatic nitrogens is 1. The molecule has 1 aromatic heterocycles. The van der Waals surface area contributed by atoms with E-state index in [9.17, 15) is 8.78 Å². The summed E-state index contributed by atoms with van der Waals surface area (Å²) in [5.41, 5.74) is 1.34. The van der Waals surface area contributed by atoms with Gasteiger partial charge in [-0.25, -0.2) is 13.8 Å². The van der Waals surface area contributed by atoms with Crippen LogP contribution in [0.5, 0.6) is 0 Å². The molecule has 1 aromatic carbocycles. The standard InChI is InChI=1S/C15H18F2N4O/c1-3-18-15(19-9-12-6-7-22-21-12)20-10(2)11-4-5-13(16)14(17)8-11/h4-8,10H,3,9H2,1-2H3,(H2,18,19,20). The summed E-state index contributed by atoms with van der Waals surface area (Å²) in [6.07, 6.45) is 1.48. The molecule has 1 atom stereocenters. The van der Waals surface area contributed by atoms with E-state index in [0.29, 0.717) is 30.3 Å². The average molecular weight is 308 g/mol. The molecule has 118 valence electrons. The Bertz CT molecular complexity index is 628. The van der Waals surface area contributed by atoms with Gasteiger partial charge in [0.1, 0.15) is 12.0 Å². The first-order valence-corrected chi connectivity index (χ1v) is 6.99.